The van der Waals surface area contributed by atoms with E-state index in [0.717, 1.165) is 18.7 Å². The van der Waals surface area contributed by atoms with Crippen LogP contribution in [0.1, 0.15) is 17.0 Å². The first-order valence-corrected chi connectivity index (χ1v) is 8.63. The first-order valence-electron chi connectivity index (χ1n) is 7.87. The van der Waals surface area contributed by atoms with Crippen LogP contribution in [0.2, 0.25) is 10.0 Å². The molecule has 0 amide bonds. The van der Waals surface area contributed by atoms with E-state index < -0.39 is 0 Å². The number of hydrogen-bond donors (Lipinski definition) is 0. The van der Waals surface area contributed by atoms with Gasteiger partial charge in [-0.1, -0.05) is 59.6 Å². The van der Waals surface area contributed by atoms with Crippen LogP contribution in [0.15, 0.2) is 48.5 Å². The molecule has 5 heteroatoms. The number of ether oxygens (including phenoxy) is 1. The van der Waals surface area contributed by atoms with Crippen molar-refractivity contribution in [3.8, 4) is 0 Å². The number of nitrogens with zero attached hydrogens (tertiary/aromatic N) is 1. The maximum atomic E-state index is 12.3. The lowest BCUT2D eigenvalue weighted by molar-refractivity contribution is -0.145. The van der Waals surface area contributed by atoms with Crippen molar-refractivity contribution >= 4 is 29.2 Å². The molecule has 0 saturated carbocycles. The second-order valence-corrected chi connectivity index (χ2v) is 6.93. The zero-order chi connectivity index (χ0) is 17.1. The minimum Gasteiger partial charge on any atom is -0.469 e. The Morgan fingerprint density at radius 3 is 2.58 bits per heavy atom. The maximum Gasteiger partial charge on any atom is 0.310 e. The Kier molecular flexibility index (Phi) is 5.44. The Morgan fingerprint density at radius 1 is 1.17 bits per heavy atom. The average molecular weight is 364 g/mol. The lowest BCUT2D eigenvalue weighted by Crippen LogP contribution is -2.24. The molecule has 0 radical (unpaired) electrons. The van der Waals surface area contributed by atoms with Crippen molar-refractivity contribution < 1.29 is 9.53 Å². The van der Waals surface area contributed by atoms with E-state index in [-0.39, 0.29) is 17.8 Å². The standard InChI is InChI=1S/C19H19Cl2NO2/c1-24-19(23)17-12-22(10-13-5-3-2-4-6-13)11-16(17)15-8-7-14(20)9-18(15)21/h2-9,16-17H,10-12H2,1H3. The van der Waals surface area contributed by atoms with Crippen LogP contribution in [0, 0.1) is 5.92 Å². The van der Waals surface area contributed by atoms with Crippen molar-refractivity contribution in [2.45, 2.75) is 12.5 Å². The summed E-state index contributed by atoms with van der Waals surface area (Å²) < 4.78 is 5.01. The maximum absolute atomic E-state index is 12.3. The fraction of sp³-hybridized carbons (Fsp3) is 0.316. The lowest BCUT2D eigenvalue weighted by atomic mass is 9.89. The van der Waals surface area contributed by atoms with Crippen LogP contribution in [0.4, 0.5) is 0 Å². The molecule has 0 spiro atoms. The fourth-order valence-electron chi connectivity index (χ4n) is 3.36. The number of rotatable bonds is 4. The Hall–Kier alpha value is -1.55. The Balaban J connectivity index is 1.84. The van der Waals surface area contributed by atoms with Crippen LogP contribution in [0.25, 0.3) is 0 Å². The van der Waals surface area contributed by atoms with Crippen molar-refractivity contribution in [3.05, 3.63) is 69.7 Å². The van der Waals surface area contributed by atoms with E-state index in [9.17, 15) is 4.79 Å². The van der Waals surface area contributed by atoms with Gasteiger partial charge < -0.3 is 4.74 Å². The third kappa shape index (κ3) is 3.75. The molecular formula is C19H19Cl2NO2. The SMILES string of the molecule is COC(=O)C1CN(Cc2ccccc2)CC1c1ccc(Cl)cc1Cl. The molecular weight excluding hydrogens is 345 g/mol. The molecule has 0 bridgehead atoms. The molecule has 24 heavy (non-hydrogen) atoms. The highest BCUT2D eigenvalue weighted by Crippen LogP contribution is 2.38. The largest absolute Gasteiger partial charge is 0.469 e. The summed E-state index contributed by atoms with van der Waals surface area (Å²) in [4.78, 5) is 14.5. The summed E-state index contributed by atoms with van der Waals surface area (Å²) in [5.41, 5.74) is 2.18. The van der Waals surface area contributed by atoms with Gasteiger partial charge in [0, 0.05) is 35.6 Å². The summed E-state index contributed by atoms with van der Waals surface area (Å²) in [5.74, 6) is -0.412. The van der Waals surface area contributed by atoms with Crippen LogP contribution >= 0.6 is 23.2 Å². The molecule has 1 aliphatic rings. The van der Waals surface area contributed by atoms with E-state index in [0.29, 0.717) is 16.6 Å². The molecule has 2 atom stereocenters. The molecule has 3 nitrogen and oxygen atoms in total. The zero-order valence-corrected chi connectivity index (χ0v) is 14.9. The topological polar surface area (TPSA) is 29.5 Å². The third-order valence-corrected chi connectivity index (χ3v) is 5.07. The van der Waals surface area contributed by atoms with Gasteiger partial charge in [0.1, 0.15) is 0 Å². The van der Waals surface area contributed by atoms with E-state index >= 15 is 0 Å². The van der Waals surface area contributed by atoms with Gasteiger partial charge in [0.25, 0.3) is 0 Å². The molecule has 0 aliphatic carbocycles. The molecule has 0 aromatic heterocycles. The van der Waals surface area contributed by atoms with Gasteiger partial charge >= 0.3 is 5.97 Å². The van der Waals surface area contributed by atoms with Crippen molar-refractivity contribution in [2.24, 2.45) is 5.92 Å². The minimum absolute atomic E-state index is 0.00549. The van der Waals surface area contributed by atoms with Gasteiger partial charge in [-0.25, -0.2) is 0 Å². The van der Waals surface area contributed by atoms with E-state index in [2.05, 4.69) is 17.0 Å². The number of likely N-dealkylation sites (tertiary alicyclic amines) is 1. The van der Waals surface area contributed by atoms with Crippen LogP contribution in [-0.2, 0) is 16.1 Å². The van der Waals surface area contributed by atoms with Gasteiger partial charge in [-0.15, -0.1) is 0 Å². The normalized spacial score (nSPS) is 21.0. The van der Waals surface area contributed by atoms with E-state index in [1.54, 1.807) is 6.07 Å². The van der Waals surface area contributed by atoms with Crippen LogP contribution in [0.5, 0.6) is 0 Å². The average Bonchev–Trinajstić information content (AvgIpc) is 2.98. The van der Waals surface area contributed by atoms with E-state index in [1.807, 2.05) is 30.3 Å². The second-order valence-electron chi connectivity index (χ2n) is 6.08. The van der Waals surface area contributed by atoms with Crippen LogP contribution in [-0.4, -0.2) is 31.1 Å². The predicted molar refractivity (Wildman–Crippen MR) is 96.4 cm³/mol. The predicted octanol–water partition coefficient (Wildman–Crippen LogP) is 4.38. The minimum atomic E-state index is -0.225. The van der Waals surface area contributed by atoms with Crippen LogP contribution < -0.4 is 0 Å². The summed E-state index contributed by atoms with van der Waals surface area (Å²) in [5, 5.41) is 1.19. The smallest absolute Gasteiger partial charge is 0.310 e. The number of carbonyl (C=O) groups excluding carboxylic acids is 1. The van der Waals surface area contributed by atoms with E-state index in [4.69, 9.17) is 27.9 Å². The fourth-order valence-corrected chi connectivity index (χ4v) is 3.91. The summed E-state index contributed by atoms with van der Waals surface area (Å²) in [6, 6.07) is 15.7. The Morgan fingerprint density at radius 2 is 1.92 bits per heavy atom. The third-order valence-electron chi connectivity index (χ3n) is 4.51. The summed E-state index contributed by atoms with van der Waals surface area (Å²) in [6.07, 6.45) is 0. The first kappa shape index (κ1) is 17.3. The number of hydrogen-bond acceptors (Lipinski definition) is 3. The summed E-state index contributed by atoms with van der Waals surface area (Å²) in [7, 11) is 1.43. The molecule has 2 aromatic carbocycles. The van der Waals surface area contributed by atoms with Crippen molar-refractivity contribution in [1.82, 2.24) is 4.90 Å². The van der Waals surface area contributed by atoms with Gasteiger partial charge in [-0.3, -0.25) is 9.69 Å². The lowest BCUT2D eigenvalue weighted by Gasteiger charge is -2.18. The molecule has 1 saturated heterocycles. The van der Waals surface area contributed by atoms with Gasteiger partial charge in [0.15, 0.2) is 0 Å². The van der Waals surface area contributed by atoms with Crippen molar-refractivity contribution in [3.63, 3.8) is 0 Å². The highest BCUT2D eigenvalue weighted by Gasteiger charge is 2.39. The molecule has 1 fully saturated rings. The van der Waals surface area contributed by atoms with Crippen molar-refractivity contribution in [1.29, 1.82) is 0 Å². The number of esters is 1. The monoisotopic (exact) mass is 363 g/mol. The first-order chi connectivity index (χ1) is 11.6. The number of benzene rings is 2. The van der Waals surface area contributed by atoms with Gasteiger partial charge in [0.05, 0.1) is 13.0 Å². The van der Waals surface area contributed by atoms with Crippen molar-refractivity contribution in [2.75, 3.05) is 20.2 Å². The van der Waals surface area contributed by atoms with Crippen LogP contribution in [0.3, 0.4) is 0 Å². The summed E-state index contributed by atoms with van der Waals surface area (Å²) in [6.45, 7) is 2.22. The summed E-state index contributed by atoms with van der Waals surface area (Å²) >= 11 is 12.4. The Bertz CT molecular complexity index is 721. The zero-order valence-electron chi connectivity index (χ0n) is 13.4. The highest BCUT2D eigenvalue weighted by atomic mass is 35.5. The highest BCUT2D eigenvalue weighted by molar-refractivity contribution is 6.35. The number of carbonyl (C=O) groups is 1. The molecule has 0 N–H and O–H groups in total. The van der Waals surface area contributed by atoms with E-state index in [1.165, 1.54) is 12.7 Å². The Labute approximate surface area is 152 Å². The number of methoxy groups -OCH3 is 1. The van der Waals surface area contributed by atoms with Gasteiger partial charge in [0.2, 0.25) is 0 Å². The molecule has 2 unspecified atom stereocenters. The molecule has 126 valence electrons. The molecule has 2 aromatic rings. The number of halogens is 2. The molecule has 1 heterocycles. The quantitative estimate of drug-likeness (QED) is 0.754. The van der Waals surface area contributed by atoms with Gasteiger partial charge in [-0.2, -0.15) is 0 Å². The second kappa shape index (κ2) is 7.56. The van der Waals surface area contributed by atoms with Gasteiger partial charge in [-0.05, 0) is 23.3 Å². The molecule has 1 aliphatic heterocycles. The molecule has 3 rings (SSSR count).